The number of hydrogen-bond acceptors (Lipinski definition) is 5. The number of anilines is 1. The smallest absolute Gasteiger partial charge is 0.338 e. The number of nitrogens with zero attached hydrogens (tertiary/aromatic N) is 4. The molecule has 0 aliphatic carbocycles. The van der Waals surface area contributed by atoms with Gasteiger partial charge in [-0.1, -0.05) is 78.9 Å². The van der Waals surface area contributed by atoms with Crippen molar-refractivity contribution in [2.75, 3.05) is 37.7 Å². The van der Waals surface area contributed by atoms with Gasteiger partial charge in [0.25, 0.3) is 5.91 Å². The summed E-state index contributed by atoms with van der Waals surface area (Å²) < 4.78 is 7.31. The van der Waals surface area contributed by atoms with Gasteiger partial charge in [-0.15, -0.1) is 0 Å². The number of esters is 1. The van der Waals surface area contributed by atoms with E-state index in [1.807, 2.05) is 97.1 Å². The molecule has 0 spiro atoms. The van der Waals surface area contributed by atoms with E-state index in [1.54, 1.807) is 30.0 Å². The number of hydrogen-bond donors (Lipinski definition) is 0. The molecule has 2 heterocycles. The van der Waals surface area contributed by atoms with Crippen LogP contribution in [0, 0.1) is 11.3 Å². The number of amides is 1. The lowest BCUT2D eigenvalue weighted by Gasteiger charge is -2.36. The molecule has 1 amide bonds. The van der Waals surface area contributed by atoms with Gasteiger partial charge in [0.2, 0.25) is 0 Å². The minimum atomic E-state index is -0.376. The topological polar surface area (TPSA) is 78.6 Å². The Balaban J connectivity index is 1.42. The molecule has 1 aliphatic heterocycles. The molecule has 0 saturated carbocycles. The second-order valence-electron chi connectivity index (χ2n) is 11.0. The van der Waals surface area contributed by atoms with Crippen LogP contribution in [0.3, 0.4) is 0 Å². The highest BCUT2D eigenvalue weighted by Gasteiger charge is 2.26. The molecule has 1 aromatic heterocycles. The third kappa shape index (κ3) is 6.33. The largest absolute Gasteiger partial charge is 0.462 e. The summed E-state index contributed by atoms with van der Waals surface area (Å²) >= 11 is 0. The minimum Gasteiger partial charge on any atom is -0.462 e. The zero-order valence-corrected chi connectivity index (χ0v) is 25.7. The second kappa shape index (κ2) is 13.8. The summed E-state index contributed by atoms with van der Waals surface area (Å²) in [5.41, 5.74) is 6.85. The maximum atomic E-state index is 13.8. The molecule has 0 N–H and O–H groups in total. The summed E-state index contributed by atoms with van der Waals surface area (Å²) in [4.78, 5) is 30.2. The SMILES string of the molecule is CCOC(=O)c1ccc(-n2c(-c3ccccc3)cc(/C=C(\C#N)C(=O)N3CCN(c4ccccc4)CC3)c2-c2ccccc2)cc1. The van der Waals surface area contributed by atoms with Crippen molar-refractivity contribution in [3.63, 3.8) is 0 Å². The molecular formula is C39H34N4O3. The van der Waals surface area contributed by atoms with Crippen molar-refractivity contribution in [3.05, 3.63) is 138 Å². The summed E-state index contributed by atoms with van der Waals surface area (Å²) in [7, 11) is 0. The first-order chi connectivity index (χ1) is 22.6. The quantitative estimate of drug-likeness (QED) is 0.106. The molecule has 46 heavy (non-hydrogen) atoms. The number of piperazine rings is 1. The molecule has 7 nitrogen and oxygen atoms in total. The molecule has 1 saturated heterocycles. The molecule has 228 valence electrons. The van der Waals surface area contributed by atoms with Gasteiger partial charge in [-0.05, 0) is 66.6 Å². The molecule has 1 aliphatic rings. The highest BCUT2D eigenvalue weighted by molar-refractivity contribution is 6.03. The molecular weight excluding hydrogens is 572 g/mol. The van der Waals surface area contributed by atoms with E-state index in [0.29, 0.717) is 38.3 Å². The average Bonchev–Trinajstić information content (AvgIpc) is 3.50. The number of carbonyl (C=O) groups excluding carboxylic acids is 2. The van der Waals surface area contributed by atoms with Crippen LogP contribution in [-0.2, 0) is 9.53 Å². The predicted octanol–water partition coefficient (Wildman–Crippen LogP) is 7.24. The number of rotatable bonds is 8. The Morgan fingerprint density at radius 1 is 0.761 bits per heavy atom. The fourth-order valence-corrected chi connectivity index (χ4v) is 5.86. The van der Waals surface area contributed by atoms with Gasteiger partial charge >= 0.3 is 5.97 Å². The standard InChI is InChI=1S/C39H34N4O3/c1-2-46-39(45)31-18-20-35(21-19-31)43-36(29-12-6-3-7-13-29)27-32(37(43)30-14-8-4-9-15-30)26-33(28-40)38(44)42-24-22-41(23-25-42)34-16-10-5-11-17-34/h3-21,26-27H,2,22-25H2,1H3/b33-26+. The van der Waals surface area contributed by atoms with Gasteiger partial charge in [0, 0.05) is 43.1 Å². The molecule has 4 aromatic carbocycles. The molecule has 0 unspecified atom stereocenters. The average molecular weight is 607 g/mol. The van der Waals surface area contributed by atoms with E-state index in [4.69, 9.17) is 4.74 Å². The van der Waals surface area contributed by atoms with Crippen LogP contribution >= 0.6 is 0 Å². The van der Waals surface area contributed by atoms with Crippen LogP contribution in [0.2, 0.25) is 0 Å². The molecule has 0 bridgehead atoms. The van der Waals surface area contributed by atoms with E-state index in [9.17, 15) is 14.9 Å². The van der Waals surface area contributed by atoms with Crippen LogP contribution < -0.4 is 4.90 Å². The number of carbonyl (C=O) groups is 2. The maximum absolute atomic E-state index is 13.8. The Bertz CT molecular complexity index is 1880. The van der Waals surface area contributed by atoms with Gasteiger partial charge in [0.15, 0.2) is 0 Å². The minimum absolute atomic E-state index is 0.0831. The number of nitriles is 1. The third-order valence-electron chi connectivity index (χ3n) is 8.12. The summed E-state index contributed by atoms with van der Waals surface area (Å²) in [6.07, 6.45) is 1.71. The monoisotopic (exact) mass is 606 g/mol. The van der Waals surface area contributed by atoms with Gasteiger partial charge in [-0.3, -0.25) is 4.79 Å². The lowest BCUT2D eigenvalue weighted by molar-refractivity contribution is -0.126. The van der Waals surface area contributed by atoms with Crippen molar-refractivity contribution in [1.82, 2.24) is 9.47 Å². The van der Waals surface area contributed by atoms with Crippen molar-refractivity contribution in [2.45, 2.75) is 6.92 Å². The van der Waals surface area contributed by atoms with Gasteiger partial charge in [-0.2, -0.15) is 5.26 Å². The van der Waals surface area contributed by atoms with E-state index in [2.05, 4.69) is 27.7 Å². The first kappa shape index (κ1) is 30.2. The number of para-hydroxylation sites is 1. The van der Waals surface area contributed by atoms with E-state index >= 15 is 0 Å². The van der Waals surface area contributed by atoms with Crippen molar-refractivity contribution in [3.8, 4) is 34.3 Å². The van der Waals surface area contributed by atoms with Crippen molar-refractivity contribution in [2.24, 2.45) is 0 Å². The van der Waals surface area contributed by atoms with Crippen molar-refractivity contribution < 1.29 is 14.3 Å². The van der Waals surface area contributed by atoms with E-state index in [1.165, 1.54) is 0 Å². The van der Waals surface area contributed by atoms with Crippen LogP contribution in [0.5, 0.6) is 0 Å². The Morgan fingerprint density at radius 3 is 1.93 bits per heavy atom. The van der Waals surface area contributed by atoms with Crippen LogP contribution in [0.4, 0.5) is 5.69 Å². The highest BCUT2D eigenvalue weighted by Crippen LogP contribution is 2.37. The number of aromatic nitrogens is 1. The van der Waals surface area contributed by atoms with Crippen LogP contribution in [0.25, 0.3) is 34.3 Å². The molecule has 7 heteroatoms. The summed E-state index contributed by atoms with van der Waals surface area (Å²) in [6.45, 7) is 4.53. The molecule has 0 radical (unpaired) electrons. The van der Waals surface area contributed by atoms with Gasteiger partial charge < -0.3 is 19.1 Å². The van der Waals surface area contributed by atoms with Crippen LogP contribution in [0.1, 0.15) is 22.8 Å². The van der Waals surface area contributed by atoms with Gasteiger partial charge in [-0.25, -0.2) is 4.79 Å². The van der Waals surface area contributed by atoms with E-state index in [0.717, 1.165) is 39.5 Å². The van der Waals surface area contributed by atoms with Gasteiger partial charge in [0.1, 0.15) is 11.6 Å². The number of benzene rings is 4. The summed E-state index contributed by atoms with van der Waals surface area (Å²) in [5.74, 6) is -0.652. The molecule has 6 rings (SSSR count). The van der Waals surface area contributed by atoms with E-state index < -0.39 is 0 Å². The zero-order valence-electron chi connectivity index (χ0n) is 25.7. The lowest BCUT2D eigenvalue weighted by atomic mass is 10.0. The van der Waals surface area contributed by atoms with Crippen LogP contribution in [-0.4, -0.2) is 54.1 Å². The Hall–Kier alpha value is -5.87. The predicted molar refractivity (Wildman–Crippen MR) is 181 cm³/mol. The Morgan fingerprint density at radius 2 is 1.35 bits per heavy atom. The molecule has 0 atom stereocenters. The normalized spacial score (nSPS) is 13.3. The van der Waals surface area contributed by atoms with Crippen molar-refractivity contribution in [1.29, 1.82) is 5.26 Å². The van der Waals surface area contributed by atoms with E-state index in [-0.39, 0.29) is 17.4 Å². The fourth-order valence-electron chi connectivity index (χ4n) is 5.86. The first-order valence-electron chi connectivity index (χ1n) is 15.4. The fraction of sp³-hybridized carbons (Fsp3) is 0.154. The maximum Gasteiger partial charge on any atom is 0.338 e. The molecule has 1 fully saturated rings. The van der Waals surface area contributed by atoms with Crippen molar-refractivity contribution >= 4 is 23.6 Å². The summed E-state index contributed by atoms with van der Waals surface area (Å²) in [6, 6.07) is 41.6. The first-order valence-corrected chi connectivity index (χ1v) is 15.4. The third-order valence-corrected chi connectivity index (χ3v) is 8.12. The second-order valence-corrected chi connectivity index (χ2v) is 11.0. The van der Waals surface area contributed by atoms with Gasteiger partial charge in [0.05, 0.1) is 23.6 Å². The number of ether oxygens (including phenoxy) is 1. The highest BCUT2D eigenvalue weighted by atomic mass is 16.5. The zero-order chi connectivity index (χ0) is 31.9. The molecule has 5 aromatic rings. The lowest BCUT2D eigenvalue weighted by Crippen LogP contribution is -2.49. The Kier molecular flexibility index (Phi) is 9.07. The Labute approximate surface area is 269 Å². The van der Waals surface area contributed by atoms with Crippen LogP contribution in [0.15, 0.2) is 127 Å². The summed E-state index contributed by atoms with van der Waals surface area (Å²) in [5, 5.41) is 10.3.